The molecule has 0 radical (unpaired) electrons. The number of aromatic amines is 1. The van der Waals surface area contributed by atoms with E-state index in [1.807, 2.05) is 0 Å². The summed E-state index contributed by atoms with van der Waals surface area (Å²) in [7, 11) is -3.39. The molecule has 0 bridgehead atoms. The third-order valence-electron chi connectivity index (χ3n) is 2.27. The topological polar surface area (TPSA) is 74.8 Å². The summed E-state index contributed by atoms with van der Waals surface area (Å²) in [5.41, 5.74) is 0. The van der Waals surface area contributed by atoms with Gasteiger partial charge in [-0.3, -0.25) is 5.10 Å². The zero-order chi connectivity index (χ0) is 12.0. The van der Waals surface area contributed by atoms with Crippen LogP contribution in [0.4, 0.5) is 0 Å². The molecule has 0 saturated carbocycles. The van der Waals surface area contributed by atoms with Gasteiger partial charge in [0.2, 0.25) is 0 Å². The molecule has 0 amide bonds. The molecule has 0 aromatic carbocycles. The molecular weight excluding hydrogens is 226 g/mol. The molecule has 92 valence electrons. The van der Waals surface area contributed by atoms with E-state index < -0.39 is 10.0 Å². The van der Waals surface area contributed by atoms with Gasteiger partial charge in [-0.2, -0.15) is 5.10 Å². The highest BCUT2D eigenvalue weighted by atomic mass is 32.2. The Morgan fingerprint density at radius 2 is 2.19 bits per heavy atom. The number of hydrogen-bond donors (Lipinski definition) is 2. The Morgan fingerprint density at radius 3 is 2.75 bits per heavy atom. The molecule has 1 rings (SSSR count). The highest BCUT2D eigenvalue weighted by Gasteiger charge is 2.13. The molecule has 0 spiro atoms. The lowest BCUT2D eigenvalue weighted by Crippen LogP contribution is -2.25. The summed E-state index contributed by atoms with van der Waals surface area (Å²) in [4.78, 5) is 0. The van der Waals surface area contributed by atoms with E-state index in [0.717, 1.165) is 19.3 Å². The maximum atomic E-state index is 11.6. The third kappa shape index (κ3) is 4.32. The van der Waals surface area contributed by atoms with Crippen molar-refractivity contribution in [3.63, 3.8) is 0 Å². The molecule has 0 unspecified atom stereocenters. The minimum atomic E-state index is -3.39. The fourth-order valence-electron chi connectivity index (χ4n) is 1.35. The van der Waals surface area contributed by atoms with Crippen LogP contribution in [0.2, 0.25) is 0 Å². The van der Waals surface area contributed by atoms with Gasteiger partial charge in [-0.15, -0.1) is 0 Å². The van der Waals surface area contributed by atoms with E-state index in [9.17, 15) is 8.42 Å². The summed E-state index contributed by atoms with van der Waals surface area (Å²) in [5.74, 6) is 0.671. The second kappa shape index (κ2) is 6.00. The molecular formula is C10H19N3O2S. The van der Waals surface area contributed by atoms with Crippen LogP contribution in [0.25, 0.3) is 0 Å². The van der Waals surface area contributed by atoms with Crippen LogP contribution in [0, 0.1) is 5.92 Å². The Hall–Kier alpha value is -0.880. The van der Waals surface area contributed by atoms with Gasteiger partial charge >= 0.3 is 0 Å². The highest BCUT2D eigenvalue weighted by Crippen LogP contribution is 2.06. The first kappa shape index (κ1) is 13.2. The van der Waals surface area contributed by atoms with E-state index >= 15 is 0 Å². The van der Waals surface area contributed by atoms with Crippen molar-refractivity contribution in [2.45, 2.75) is 38.1 Å². The zero-order valence-electron chi connectivity index (χ0n) is 9.73. The summed E-state index contributed by atoms with van der Waals surface area (Å²) >= 11 is 0. The van der Waals surface area contributed by atoms with Crippen LogP contribution in [0.1, 0.15) is 33.1 Å². The molecule has 1 aromatic rings. The zero-order valence-corrected chi connectivity index (χ0v) is 10.5. The minimum Gasteiger partial charge on any atom is -0.266 e. The SMILES string of the molecule is CC(C)CCCCNS(=O)(=O)c1ccn[nH]1. The van der Waals surface area contributed by atoms with E-state index in [0.29, 0.717) is 12.5 Å². The van der Waals surface area contributed by atoms with Gasteiger partial charge in [0, 0.05) is 6.54 Å². The minimum absolute atomic E-state index is 0.122. The molecule has 0 aliphatic carbocycles. The van der Waals surface area contributed by atoms with Crippen molar-refractivity contribution >= 4 is 10.0 Å². The standard InChI is InChI=1S/C10H19N3O2S/c1-9(2)5-3-4-7-12-16(14,15)10-6-8-11-13-10/h6,8-9,12H,3-5,7H2,1-2H3,(H,11,13). The highest BCUT2D eigenvalue weighted by molar-refractivity contribution is 7.89. The van der Waals surface area contributed by atoms with E-state index in [1.54, 1.807) is 0 Å². The predicted molar refractivity (Wildman–Crippen MR) is 62.5 cm³/mol. The number of hydrogen-bond acceptors (Lipinski definition) is 3. The lowest BCUT2D eigenvalue weighted by Gasteiger charge is -2.05. The van der Waals surface area contributed by atoms with Crippen LogP contribution in [0.5, 0.6) is 0 Å². The number of H-pyrrole nitrogens is 1. The summed E-state index contributed by atoms with van der Waals surface area (Å²) in [6.45, 7) is 4.80. The van der Waals surface area contributed by atoms with Gasteiger partial charge in [-0.05, 0) is 18.4 Å². The van der Waals surface area contributed by atoms with Gasteiger partial charge in [0.1, 0.15) is 0 Å². The fraction of sp³-hybridized carbons (Fsp3) is 0.700. The van der Waals surface area contributed by atoms with Crippen LogP contribution < -0.4 is 4.72 Å². The quantitative estimate of drug-likeness (QED) is 0.715. The fourth-order valence-corrected chi connectivity index (χ4v) is 2.34. The summed E-state index contributed by atoms with van der Waals surface area (Å²) in [5, 5.41) is 6.17. The molecule has 0 aliphatic rings. The van der Waals surface area contributed by atoms with Crippen LogP contribution in [-0.4, -0.2) is 25.2 Å². The average Bonchev–Trinajstić information content (AvgIpc) is 2.69. The molecule has 1 heterocycles. The van der Waals surface area contributed by atoms with Gasteiger partial charge in [0.25, 0.3) is 10.0 Å². The van der Waals surface area contributed by atoms with Crippen LogP contribution in [-0.2, 0) is 10.0 Å². The second-order valence-corrected chi connectivity index (χ2v) is 5.94. The van der Waals surface area contributed by atoms with Gasteiger partial charge in [0.05, 0.1) is 6.20 Å². The van der Waals surface area contributed by atoms with Crippen LogP contribution in [0.3, 0.4) is 0 Å². The normalized spacial score (nSPS) is 12.2. The molecule has 0 saturated heterocycles. The molecule has 6 heteroatoms. The summed E-state index contributed by atoms with van der Waals surface area (Å²) in [6, 6.07) is 1.44. The van der Waals surface area contributed by atoms with Crippen molar-refractivity contribution < 1.29 is 8.42 Å². The first-order chi connectivity index (χ1) is 7.52. The largest absolute Gasteiger partial charge is 0.266 e. The van der Waals surface area contributed by atoms with E-state index in [1.165, 1.54) is 12.3 Å². The first-order valence-corrected chi connectivity index (χ1v) is 7.00. The molecule has 0 aliphatic heterocycles. The lowest BCUT2D eigenvalue weighted by molar-refractivity contribution is 0.530. The Bertz CT molecular complexity index is 384. The third-order valence-corrected chi connectivity index (χ3v) is 3.66. The number of sulfonamides is 1. The molecule has 16 heavy (non-hydrogen) atoms. The van der Waals surface area contributed by atoms with Crippen LogP contribution >= 0.6 is 0 Å². The van der Waals surface area contributed by atoms with Crippen molar-refractivity contribution in [2.24, 2.45) is 5.92 Å². The summed E-state index contributed by atoms with van der Waals surface area (Å²) in [6.07, 6.45) is 4.47. The Balaban J connectivity index is 2.28. The van der Waals surface area contributed by atoms with Gasteiger partial charge in [0.15, 0.2) is 5.03 Å². The Kier molecular flexibility index (Phi) is 4.95. The molecule has 5 nitrogen and oxygen atoms in total. The van der Waals surface area contributed by atoms with Crippen molar-refractivity contribution in [3.8, 4) is 0 Å². The van der Waals surface area contributed by atoms with Crippen LogP contribution in [0.15, 0.2) is 17.3 Å². The Morgan fingerprint density at radius 1 is 1.44 bits per heavy atom. The van der Waals surface area contributed by atoms with E-state index in [2.05, 4.69) is 28.8 Å². The maximum absolute atomic E-state index is 11.6. The number of aromatic nitrogens is 2. The number of nitrogens with one attached hydrogen (secondary N) is 2. The van der Waals surface area contributed by atoms with E-state index in [-0.39, 0.29) is 5.03 Å². The van der Waals surface area contributed by atoms with Gasteiger partial charge in [-0.25, -0.2) is 13.1 Å². The van der Waals surface area contributed by atoms with Crippen molar-refractivity contribution in [1.29, 1.82) is 0 Å². The molecule has 0 fully saturated rings. The molecule has 0 atom stereocenters. The number of unbranched alkanes of at least 4 members (excludes halogenated alkanes) is 1. The maximum Gasteiger partial charge on any atom is 0.257 e. The Labute approximate surface area is 96.7 Å². The molecule has 2 N–H and O–H groups in total. The smallest absolute Gasteiger partial charge is 0.257 e. The molecule has 1 aromatic heterocycles. The monoisotopic (exact) mass is 245 g/mol. The predicted octanol–water partition coefficient (Wildman–Crippen LogP) is 1.51. The van der Waals surface area contributed by atoms with Gasteiger partial charge < -0.3 is 0 Å². The van der Waals surface area contributed by atoms with Crippen molar-refractivity contribution in [1.82, 2.24) is 14.9 Å². The van der Waals surface area contributed by atoms with Crippen molar-refractivity contribution in [3.05, 3.63) is 12.3 Å². The first-order valence-electron chi connectivity index (χ1n) is 5.51. The van der Waals surface area contributed by atoms with Gasteiger partial charge in [-0.1, -0.05) is 26.7 Å². The second-order valence-electron chi connectivity index (χ2n) is 4.21. The lowest BCUT2D eigenvalue weighted by atomic mass is 10.1. The number of rotatable bonds is 7. The average molecular weight is 245 g/mol. The van der Waals surface area contributed by atoms with E-state index in [4.69, 9.17) is 0 Å². The summed E-state index contributed by atoms with van der Waals surface area (Å²) < 4.78 is 25.8. The van der Waals surface area contributed by atoms with Crippen molar-refractivity contribution in [2.75, 3.05) is 6.54 Å². The number of nitrogens with zero attached hydrogens (tertiary/aromatic N) is 1.